The second-order valence-corrected chi connectivity index (χ2v) is 16.7. The van der Waals surface area contributed by atoms with Crippen LogP contribution in [0, 0.1) is 23.7 Å². The molecule has 2 aliphatic carbocycles. The molecule has 0 aromatic heterocycles. The van der Waals surface area contributed by atoms with Crippen molar-refractivity contribution in [1.82, 2.24) is 4.90 Å². The molecule has 0 saturated heterocycles. The molecule has 0 N–H and O–H groups in total. The Balaban J connectivity index is 1.32. The average Bonchev–Trinajstić information content (AvgIpc) is 3.79. The second kappa shape index (κ2) is 30.7. The molecule has 0 radical (unpaired) electrons. The first kappa shape index (κ1) is 43.0. The zero-order valence-electron chi connectivity index (χ0n) is 32.9. The molecule has 3 atom stereocenters. The zero-order chi connectivity index (χ0) is 33.6. The summed E-state index contributed by atoms with van der Waals surface area (Å²) in [7, 11) is 4.30. The van der Waals surface area contributed by atoms with Crippen LogP contribution in [0.25, 0.3) is 0 Å². The number of hydrogen-bond acceptors (Lipinski definition) is 3. The third-order valence-electron chi connectivity index (χ3n) is 11.6. The number of likely N-dealkylation sites (N-methyl/N-ethyl adjacent to an activating group) is 1. The molecule has 0 heterocycles. The van der Waals surface area contributed by atoms with Gasteiger partial charge in [0, 0.05) is 19.8 Å². The first-order chi connectivity index (χ1) is 23.1. The Kier molecular flexibility index (Phi) is 28.1. The fourth-order valence-corrected chi connectivity index (χ4v) is 8.35. The lowest BCUT2D eigenvalue weighted by molar-refractivity contribution is -0.0288. The van der Waals surface area contributed by atoms with Gasteiger partial charge in [0.1, 0.15) is 0 Å². The summed E-state index contributed by atoms with van der Waals surface area (Å²) in [6, 6.07) is 0. The Labute approximate surface area is 296 Å². The minimum absolute atomic E-state index is 0.215. The summed E-state index contributed by atoms with van der Waals surface area (Å²) in [5, 5.41) is 0. The lowest BCUT2D eigenvalue weighted by atomic mass is 9.70. The number of rotatable bonds is 37. The van der Waals surface area contributed by atoms with Gasteiger partial charge in [0.2, 0.25) is 0 Å². The molecule has 0 amide bonds. The Bertz CT molecular complexity index is 647. The molecular formula is C44H87NO2. The summed E-state index contributed by atoms with van der Waals surface area (Å²) < 4.78 is 12.4. The predicted molar refractivity (Wildman–Crippen MR) is 208 cm³/mol. The van der Waals surface area contributed by atoms with Crippen molar-refractivity contribution in [3.05, 3.63) is 0 Å². The molecule has 2 saturated carbocycles. The van der Waals surface area contributed by atoms with Crippen LogP contribution < -0.4 is 0 Å². The van der Waals surface area contributed by atoms with Crippen LogP contribution in [0.4, 0.5) is 0 Å². The van der Waals surface area contributed by atoms with E-state index in [4.69, 9.17) is 9.47 Å². The van der Waals surface area contributed by atoms with Crippen molar-refractivity contribution in [2.24, 2.45) is 23.7 Å². The molecule has 2 aliphatic rings. The predicted octanol–water partition coefficient (Wildman–Crippen LogP) is 13.6. The first-order valence-corrected chi connectivity index (χ1v) is 22.0. The van der Waals surface area contributed by atoms with Gasteiger partial charge in [-0.2, -0.15) is 0 Å². The van der Waals surface area contributed by atoms with Gasteiger partial charge in [-0.3, -0.25) is 0 Å². The van der Waals surface area contributed by atoms with Gasteiger partial charge >= 0.3 is 0 Å². The van der Waals surface area contributed by atoms with Gasteiger partial charge in [-0.25, -0.2) is 0 Å². The normalized spacial score (nSPS) is 21.4. The van der Waals surface area contributed by atoms with Crippen molar-refractivity contribution < 1.29 is 9.47 Å². The molecule has 280 valence electrons. The van der Waals surface area contributed by atoms with Gasteiger partial charge in [0.25, 0.3) is 0 Å². The Morgan fingerprint density at radius 1 is 0.468 bits per heavy atom. The van der Waals surface area contributed by atoms with Crippen molar-refractivity contribution >= 4 is 0 Å². The van der Waals surface area contributed by atoms with Crippen LogP contribution >= 0.6 is 0 Å². The van der Waals surface area contributed by atoms with Crippen molar-refractivity contribution in [3.63, 3.8) is 0 Å². The maximum absolute atomic E-state index is 6.30. The van der Waals surface area contributed by atoms with Gasteiger partial charge in [0.15, 0.2) is 0 Å². The quantitative estimate of drug-likeness (QED) is 0.0618. The molecule has 0 aromatic carbocycles. The van der Waals surface area contributed by atoms with Crippen LogP contribution in [0.5, 0.6) is 0 Å². The third kappa shape index (κ3) is 25.5. The summed E-state index contributed by atoms with van der Waals surface area (Å²) in [5.74, 6) is 4.22. The van der Waals surface area contributed by atoms with E-state index in [0.29, 0.717) is 0 Å². The van der Waals surface area contributed by atoms with E-state index in [-0.39, 0.29) is 6.10 Å². The van der Waals surface area contributed by atoms with Crippen LogP contribution in [0.2, 0.25) is 0 Å². The highest BCUT2D eigenvalue weighted by molar-refractivity contribution is 4.85. The summed E-state index contributed by atoms with van der Waals surface area (Å²) in [5.41, 5.74) is 0. The van der Waals surface area contributed by atoms with E-state index in [1.807, 2.05) is 0 Å². The van der Waals surface area contributed by atoms with E-state index in [0.717, 1.165) is 50.0 Å². The number of hydrogen-bond donors (Lipinski definition) is 0. The molecule has 3 heteroatoms. The molecule has 0 aliphatic heterocycles. The minimum atomic E-state index is 0.215. The highest BCUT2D eigenvalue weighted by Crippen LogP contribution is 2.45. The van der Waals surface area contributed by atoms with Crippen LogP contribution in [-0.2, 0) is 9.47 Å². The molecule has 2 rings (SSSR count). The monoisotopic (exact) mass is 662 g/mol. The van der Waals surface area contributed by atoms with Crippen LogP contribution in [0.1, 0.15) is 213 Å². The van der Waals surface area contributed by atoms with Gasteiger partial charge in [-0.15, -0.1) is 0 Å². The van der Waals surface area contributed by atoms with E-state index in [2.05, 4.69) is 32.8 Å². The molecule has 3 nitrogen and oxygen atoms in total. The summed E-state index contributed by atoms with van der Waals surface area (Å²) in [6.07, 6.45) is 44.9. The lowest BCUT2D eigenvalue weighted by Gasteiger charge is -2.35. The van der Waals surface area contributed by atoms with E-state index in [1.165, 1.54) is 199 Å². The van der Waals surface area contributed by atoms with Gasteiger partial charge in [-0.05, 0) is 69.9 Å². The smallest absolute Gasteiger partial charge is 0.0934 e. The SMILES string of the molecule is CCCCCCCCCCCC1CC(CCCCCOC(COCCCCCC2CC2CCCCCCCCCCC)CN(C)C)C1. The molecular weight excluding hydrogens is 574 g/mol. The number of nitrogens with zero attached hydrogens (tertiary/aromatic N) is 1. The van der Waals surface area contributed by atoms with Crippen molar-refractivity contribution in [2.75, 3.05) is 40.5 Å². The van der Waals surface area contributed by atoms with E-state index in [9.17, 15) is 0 Å². The Morgan fingerprint density at radius 3 is 1.34 bits per heavy atom. The molecule has 2 fully saturated rings. The zero-order valence-corrected chi connectivity index (χ0v) is 32.9. The number of unbranched alkanes of at least 4 members (excludes halogenated alkanes) is 20. The molecule has 3 unspecified atom stereocenters. The van der Waals surface area contributed by atoms with Gasteiger partial charge in [0.05, 0.1) is 12.7 Å². The summed E-state index contributed by atoms with van der Waals surface area (Å²) in [6.45, 7) is 8.14. The minimum Gasteiger partial charge on any atom is -0.379 e. The Morgan fingerprint density at radius 2 is 0.872 bits per heavy atom. The van der Waals surface area contributed by atoms with Crippen molar-refractivity contribution in [1.29, 1.82) is 0 Å². The summed E-state index contributed by atoms with van der Waals surface area (Å²) >= 11 is 0. The van der Waals surface area contributed by atoms with E-state index >= 15 is 0 Å². The first-order valence-electron chi connectivity index (χ1n) is 22.0. The van der Waals surface area contributed by atoms with E-state index < -0.39 is 0 Å². The maximum atomic E-state index is 6.30. The number of ether oxygens (including phenoxy) is 2. The highest BCUT2D eigenvalue weighted by atomic mass is 16.5. The van der Waals surface area contributed by atoms with Crippen LogP contribution in [0.3, 0.4) is 0 Å². The molecule has 0 aromatic rings. The third-order valence-corrected chi connectivity index (χ3v) is 11.6. The Hall–Kier alpha value is -0.120. The van der Waals surface area contributed by atoms with Gasteiger partial charge < -0.3 is 14.4 Å². The van der Waals surface area contributed by atoms with Crippen molar-refractivity contribution in [3.8, 4) is 0 Å². The van der Waals surface area contributed by atoms with Crippen molar-refractivity contribution in [2.45, 2.75) is 219 Å². The molecule has 0 bridgehead atoms. The van der Waals surface area contributed by atoms with E-state index in [1.54, 1.807) is 0 Å². The van der Waals surface area contributed by atoms with Crippen LogP contribution in [-0.4, -0.2) is 51.5 Å². The topological polar surface area (TPSA) is 21.7 Å². The standard InChI is InChI=1S/C44H87NO2/c1-5-7-9-11-13-15-17-19-23-29-40-35-41(36-40)30-24-21-28-34-47-44(38-45(3)4)39-46-33-27-22-26-32-43-37-42(43)31-25-20-18-16-14-12-10-8-6-2/h40-44H,5-39H2,1-4H3. The maximum Gasteiger partial charge on any atom is 0.0934 e. The second-order valence-electron chi connectivity index (χ2n) is 16.7. The fourth-order valence-electron chi connectivity index (χ4n) is 8.35. The van der Waals surface area contributed by atoms with Crippen LogP contribution in [0.15, 0.2) is 0 Å². The lowest BCUT2D eigenvalue weighted by Crippen LogP contribution is -2.32. The van der Waals surface area contributed by atoms with Gasteiger partial charge in [-0.1, -0.05) is 181 Å². The molecule has 47 heavy (non-hydrogen) atoms. The largest absolute Gasteiger partial charge is 0.379 e. The molecule has 0 spiro atoms. The average molecular weight is 662 g/mol. The highest BCUT2D eigenvalue weighted by Gasteiger charge is 2.35. The fraction of sp³-hybridized carbons (Fsp3) is 1.00. The summed E-state index contributed by atoms with van der Waals surface area (Å²) in [4.78, 5) is 2.25.